The Hall–Kier alpha value is -2.37. The lowest BCUT2D eigenvalue weighted by Crippen LogP contribution is -2.58. The third-order valence-electron chi connectivity index (χ3n) is 4.02. The summed E-state index contributed by atoms with van der Waals surface area (Å²) in [5.74, 6) is -0.186. The van der Waals surface area contributed by atoms with Gasteiger partial charge in [0.25, 0.3) is 11.8 Å². The molecule has 23 heavy (non-hydrogen) atoms. The summed E-state index contributed by atoms with van der Waals surface area (Å²) in [6.07, 6.45) is 1.93. The van der Waals surface area contributed by atoms with Crippen molar-refractivity contribution >= 4 is 23.3 Å². The molecular weight excluding hydrogens is 292 g/mol. The van der Waals surface area contributed by atoms with E-state index in [-0.39, 0.29) is 23.7 Å². The summed E-state index contributed by atoms with van der Waals surface area (Å²) in [7, 11) is 1.76. The summed E-state index contributed by atoms with van der Waals surface area (Å²) in [5.41, 5.74) is 3.56. The number of para-hydroxylation sites is 1. The molecule has 2 rings (SSSR count). The van der Waals surface area contributed by atoms with Gasteiger partial charge in [-0.3, -0.25) is 15.0 Å². The average molecular weight is 316 g/mol. The second kappa shape index (κ2) is 7.26. The molecule has 1 aromatic carbocycles. The maximum absolute atomic E-state index is 12.6. The van der Waals surface area contributed by atoms with Crippen molar-refractivity contribution in [3.05, 3.63) is 30.3 Å². The van der Waals surface area contributed by atoms with Crippen LogP contribution in [0.3, 0.4) is 0 Å². The van der Waals surface area contributed by atoms with E-state index in [4.69, 9.17) is 0 Å². The van der Waals surface area contributed by atoms with Crippen LogP contribution >= 0.6 is 0 Å². The fraction of sp³-hybridized carbons (Fsp3) is 0.471. The molecular formula is C17H24N4O2. The van der Waals surface area contributed by atoms with Gasteiger partial charge in [-0.15, -0.1) is 0 Å². The lowest BCUT2D eigenvalue weighted by molar-refractivity contribution is -0.125. The van der Waals surface area contributed by atoms with Crippen LogP contribution in [-0.2, 0) is 9.59 Å². The van der Waals surface area contributed by atoms with E-state index in [1.165, 1.54) is 5.01 Å². The highest BCUT2D eigenvalue weighted by Crippen LogP contribution is 2.16. The van der Waals surface area contributed by atoms with E-state index < -0.39 is 6.04 Å². The Kier molecular flexibility index (Phi) is 5.36. The van der Waals surface area contributed by atoms with Crippen molar-refractivity contribution in [2.75, 3.05) is 12.1 Å². The zero-order chi connectivity index (χ0) is 17.0. The van der Waals surface area contributed by atoms with Crippen LogP contribution in [0.25, 0.3) is 0 Å². The number of hydrogen-bond acceptors (Lipinski definition) is 4. The van der Waals surface area contributed by atoms with Crippen molar-refractivity contribution in [3.8, 4) is 0 Å². The van der Waals surface area contributed by atoms with E-state index in [1.807, 2.05) is 37.3 Å². The second-order valence-corrected chi connectivity index (χ2v) is 5.83. The number of aliphatic imine (C=N–C) groups is 1. The molecule has 0 unspecified atom stereocenters. The van der Waals surface area contributed by atoms with Crippen molar-refractivity contribution in [1.29, 1.82) is 0 Å². The molecule has 0 saturated heterocycles. The Bertz CT molecular complexity index is 600. The molecule has 0 spiro atoms. The van der Waals surface area contributed by atoms with Crippen molar-refractivity contribution < 1.29 is 9.59 Å². The highest BCUT2D eigenvalue weighted by atomic mass is 16.2. The van der Waals surface area contributed by atoms with Gasteiger partial charge in [0.15, 0.2) is 0 Å². The van der Waals surface area contributed by atoms with E-state index in [0.29, 0.717) is 5.69 Å². The highest BCUT2D eigenvalue weighted by Gasteiger charge is 2.32. The number of rotatable bonds is 5. The standard InChI is InChI=1S/C17H24N4O2/c1-5-9-12(2)20(4)17(23)15-18-13(3)16(22)21(19-15)14-10-7-6-8-11-14/h6-8,10-13H,5,9H2,1-4H3,(H,18,19)/t12-,13+/m0/s1. The number of benzene rings is 1. The largest absolute Gasteiger partial charge is 0.336 e. The molecule has 0 saturated carbocycles. The minimum Gasteiger partial charge on any atom is -0.336 e. The normalized spacial score (nSPS) is 19.0. The van der Waals surface area contributed by atoms with Gasteiger partial charge in [-0.05, 0) is 32.4 Å². The maximum atomic E-state index is 12.6. The van der Waals surface area contributed by atoms with Crippen LogP contribution in [0.2, 0.25) is 0 Å². The third kappa shape index (κ3) is 3.70. The van der Waals surface area contributed by atoms with Crippen molar-refractivity contribution in [2.24, 2.45) is 4.99 Å². The molecule has 0 bridgehead atoms. The van der Waals surface area contributed by atoms with Gasteiger partial charge in [-0.1, -0.05) is 31.5 Å². The van der Waals surface area contributed by atoms with Gasteiger partial charge in [-0.2, -0.15) is 0 Å². The fourth-order valence-electron chi connectivity index (χ4n) is 2.48. The van der Waals surface area contributed by atoms with Crippen LogP contribution in [0.1, 0.15) is 33.6 Å². The second-order valence-electron chi connectivity index (χ2n) is 5.83. The fourth-order valence-corrected chi connectivity index (χ4v) is 2.48. The molecule has 1 aromatic rings. The molecule has 124 valence electrons. The average Bonchev–Trinajstić information content (AvgIpc) is 2.56. The number of amidine groups is 1. The van der Waals surface area contributed by atoms with E-state index >= 15 is 0 Å². The molecule has 6 nitrogen and oxygen atoms in total. The Morgan fingerprint density at radius 3 is 2.65 bits per heavy atom. The van der Waals surface area contributed by atoms with Crippen LogP contribution in [0.4, 0.5) is 5.69 Å². The van der Waals surface area contributed by atoms with E-state index in [1.54, 1.807) is 18.9 Å². The summed E-state index contributed by atoms with van der Waals surface area (Å²) in [5, 5.41) is 1.39. The van der Waals surface area contributed by atoms with E-state index in [2.05, 4.69) is 17.3 Å². The zero-order valence-corrected chi connectivity index (χ0v) is 14.1. The summed E-state index contributed by atoms with van der Waals surface area (Å²) >= 11 is 0. The van der Waals surface area contributed by atoms with Crippen LogP contribution in [0, 0.1) is 0 Å². The van der Waals surface area contributed by atoms with E-state index in [0.717, 1.165) is 12.8 Å². The van der Waals surface area contributed by atoms with Crippen molar-refractivity contribution in [3.63, 3.8) is 0 Å². The molecule has 1 aliphatic rings. The molecule has 6 heteroatoms. The SMILES string of the molecule is CCC[C@H](C)N(C)C(=O)C1=N[C@H](C)C(=O)N(c2ccccc2)N1. The Morgan fingerprint density at radius 1 is 1.39 bits per heavy atom. The van der Waals surface area contributed by atoms with Crippen LogP contribution in [-0.4, -0.2) is 41.7 Å². The first kappa shape index (κ1) is 17.0. The predicted molar refractivity (Wildman–Crippen MR) is 91.1 cm³/mol. The number of likely N-dealkylation sites (N-methyl/N-ethyl adjacent to an activating group) is 1. The first-order valence-corrected chi connectivity index (χ1v) is 7.96. The molecule has 1 heterocycles. The summed E-state index contributed by atoms with van der Waals surface area (Å²) in [6.45, 7) is 5.79. The van der Waals surface area contributed by atoms with Gasteiger partial charge >= 0.3 is 0 Å². The topological polar surface area (TPSA) is 65.0 Å². The number of nitrogens with zero attached hydrogens (tertiary/aromatic N) is 3. The Labute approximate surface area is 137 Å². The Morgan fingerprint density at radius 2 is 2.04 bits per heavy atom. The Balaban J connectivity index is 2.21. The molecule has 2 atom stereocenters. The lowest BCUT2D eigenvalue weighted by atomic mass is 10.1. The summed E-state index contributed by atoms with van der Waals surface area (Å²) < 4.78 is 0. The first-order valence-electron chi connectivity index (χ1n) is 7.96. The minimum atomic E-state index is -0.592. The predicted octanol–water partition coefficient (Wildman–Crippen LogP) is 1.97. The summed E-state index contributed by atoms with van der Waals surface area (Å²) in [6, 6.07) is 8.72. The number of anilines is 1. The quantitative estimate of drug-likeness (QED) is 0.903. The van der Waals surface area contributed by atoms with Crippen molar-refractivity contribution in [2.45, 2.75) is 45.7 Å². The zero-order valence-electron chi connectivity index (χ0n) is 14.1. The maximum Gasteiger partial charge on any atom is 0.290 e. The molecule has 0 aromatic heterocycles. The first-order chi connectivity index (χ1) is 11.0. The lowest BCUT2D eigenvalue weighted by Gasteiger charge is -2.33. The molecule has 1 N–H and O–H groups in total. The van der Waals surface area contributed by atoms with Crippen LogP contribution in [0.15, 0.2) is 35.3 Å². The molecule has 0 fully saturated rings. The van der Waals surface area contributed by atoms with Gasteiger partial charge in [0.1, 0.15) is 6.04 Å². The molecule has 2 amide bonds. The van der Waals surface area contributed by atoms with Gasteiger partial charge < -0.3 is 4.90 Å². The van der Waals surface area contributed by atoms with Gasteiger partial charge in [-0.25, -0.2) is 10.0 Å². The van der Waals surface area contributed by atoms with Crippen LogP contribution < -0.4 is 10.4 Å². The number of amides is 2. The highest BCUT2D eigenvalue weighted by molar-refractivity contribution is 6.39. The van der Waals surface area contributed by atoms with Gasteiger partial charge in [0.05, 0.1) is 5.69 Å². The molecule has 1 aliphatic heterocycles. The van der Waals surface area contributed by atoms with Gasteiger partial charge in [0, 0.05) is 13.1 Å². The number of carbonyl (C=O) groups is 2. The van der Waals surface area contributed by atoms with Crippen molar-refractivity contribution in [1.82, 2.24) is 10.3 Å². The number of hydrazine groups is 1. The third-order valence-corrected chi connectivity index (χ3v) is 4.02. The van der Waals surface area contributed by atoms with Crippen LogP contribution in [0.5, 0.6) is 0 Å². The number of nitrogens with one attached hydrogen (secondary N) is 1. The minimum absolute atomic E-state index is 0.120. The van der Waals surface area contributed by atoms with Gasteiger partial charge in [0.2, 0.25) is 5.84 Å². The smallest absolute Gasteiger partial charge is 0.290 e. The monoisotopic (exact) mass is 316 g/mol. The number of carbonyl (C=O) groups excluding carboxylic acids is 2. The number of hydrogen-bond donors (Lipinski definition) is 1. The molecule has 0 aliphatic carbocycles. The summed E-state index contributed by atoms with van der Waals surface area (Å²) in [4.78, 5) is 30.9. The van der Waals surface area contributed by atoms with E-state index in [9.17, 15) is 9.59 Å². The molecule has 0 radical (unpaired) electrons.